The number of benzene rings is 1. The maximum atomic E-state index is 12.6. The third kappa shape index (κ3) is 4.53. The minimum Gasteiger partial charge on any atom is -0.480 e. The van der Waals surface area contributed by atoms with Crippen LogP contribution in [0.5, 0.6) is 0 Å². The van der Waals surface area contributed by atoms with Crippen molar-refractivity contribution in [1.82, 2.24) is 15.2 Å². The summed E-state index contributed by atoms with van der Waals surface area (Å²) in [6.45, 7) is 0.389. The van der Waals surface area contributed by atoms with Crippen molar-refractivity contribution < 1.29 is 29.0 Å². The molecule has 9 nitrogen and oxygen atoms in total. The highest BCUT2D eigenvalue weighted by Crippen LogP contribution is 2.34. The van der Waals surface area contributed by atoms with E-state index in [1.807, 2.05) is 0 Å². The average molecular weight is 446 g/mol. The van der Waals surface area contributed by atoms with Crippen LogP contribution < -0.4 is 5.32 Å². The third-order valence-electron chi connectivity index (χ3n) is 5.28. The van der Waals surface area contributed by atoms with Crippen LogP contribution in [0.3, 0.4) is 0 Å². The molecular formula is C21H20ClN3O6. The monoisotopic (exact) mass is 445 g/mol. The SMILES string of the molecule is O=C(NCC(=O)N1CC2(C[C@H]1C(=O)O)OCCO2)c1ccc(-c2ccc(Cl)cn2)cc1. The number of likely N-dealkylation sites (tertiary alicyclic amines) is 1. The summed E-state index contributed by atoms with van der Waals surface area (Å²) in [7, 11) is 0. The molecule has 10 heteroatoms. The van der Waals surface area contributed by atoms with Crippen molar-refractivity contribution in [1.29, 1.82) is 0 Å². The molecule has 1 spiro atoms. The summed E-state index contributed by atoms with van der Waals surface area (Å²) in [5.74, 6) is -3.17. The first-order chi connectivity index (χ1) is 14.9. The van der Waals surface area contributed by atoms with Crippen LogP contribution in [-0.4, -0.2) is 70.9 Å². The van der Waals surface area contributed by atoms with Crippen LogP contribution in [-0.2, 0) is 19.1 Å². The Hall–Kier alpha value is -3.01. The Bertz CT molecular complexity index is 989. The van der Waals surface area contributed by atoms with Crippen molar-refractivity contribution in [2.45, 2.75) is 18.2 Å². The van der Waals surface area contributed by atoms with Crippen LogP contribution in [0.4, 0.5) is 0 Å². The summed E-state index contributed by atoms with van der Waals surface area (Å²) in [5, 5.41) is 12.5. The Morgan fingerprint density at radius 2 is 1.87 bits per heavy atom. The number of carbonyl (C=O) groups excluding carboxylic acids is 2. The first-order valence-electron chi connectivity index (χ1n) is 9.67. The van der Waals surface area contributed by atoms with Crippen molar-refractivity contribution in [2.24, 2.45) is 0 Å². The fraction of sp³-hybridized carbons (Fsp3) is 0.333. The molecule has 2 aliphatic heterocycles. The smallest absolute Gasteiger partial charge is 0.326 e. The predicted octanol–water partition coefficient (Wildman–Crippen LogP) is 1.56. The standard InChI is InChI=1S/C21H20ClN3O6/c22-15-5-6-16(23-10-15)13-1-3-14(4-2-13)19(27)24-11-18(26)25-12-21(30-7-8-31-21)9-17(25)20(28)29/h1-6,10,17H,7-9,11-12H2,(H,24,27)(H,28,29)/t17-/m0/s1. The van der Waals surface area contributed by atoms with Gasteiger partial charge in [0.1, 0.15) is 6.04 Å². The summed E-state index contributed by atoms with van der Waals surface area (Å²) in [4.78, 5) is 42.1. The van der Waals surface area contributed by atoms with E-state index in [-0.39, 0.29) is 19.5 Å². The molecule has 0 aliphatic carbocycles. The fourth-order valence-electron chi connectivity index (χ4n) is 3.73. The molecule has 3 heterocycles. The molecule has 4 rings (SSSR count). The van der Waals surface area contributed by atoms with Crippen molar-refractivity contribution >= 4 is 29.4 Å². The van der Waals surface area contributed by atoms with E-state index in [0.29, 0.717) is 29.5 Å². The maximum absolute atomic E-state index is 12.6. The molecule has 0 bridgehead atoms. The molecule has 162 valence electrons. The minimum absolute atomic E-state index is 0.0153. The molecule has 2 saturated heterocycles. The lowest BCUT2D eigenvalue weighted by Gasteiger charge is -2.23. The zero-order valence-corrected chi connectivity index (χ0v) is 17.2. The summed E-state index contributed by atoms with van der Waals surface area (Å²) in [6.07, 6.45) is 1.60. The largest absolute Gasteiger partial charge is 0.480 e. The maximum Gasteiger partial charge on any atom is 0.326 e. The molecular weight excluding hydrogens is 426 g/mol. The zero-order chi connectivity index (χ0) is 22.0. The van der Waals surface area contributed by atoms with Gasteiger partial charge in [0, 0.05) is 23.7 Å². The molecule has 1 atom stereocenters. The number of nitrogens with zero attached hydrogens (tertiary/aromatic N) is 2. The van der Waals surface area contributed by atoms with Gasteiger partial charge in [0.15, 0.2) is 5.79 Å². The minimum atomic E-state index is -1.14. The number of carboxylic acids is 1. The number of aromatic nitrogens is 1. The zero-order valence-electron chi connectivity index (χ0n) is 16.4. The Kier molecular flexibility index (Phi) is 5.90. The fourth-order valence-corrected chi connectivity index (χ4v) is 3.84. The summed E-state index contributed by atoms with van der Waals surface area (Å²) >= 11 is 5.84. The van der Waals surface area contributed by atoms with Gasteiger partial charge >= 0.3 is 5.97 Å². The predicted molar refractivity (Wildman–Crippen MR) is 109 cm³/mol. The Labute approximate surface area is 182 Å². The number of halogens is 1. The van der Waals surface area contributed by atoms with Crippen LogP contribution in [0.15, 0.2) is 42.6 Å². The van der Waals surface area contributed by atoms with Gasteiger partial charge in [0.05, 0.1) is 37.0 Å². The number of carbonyl (C=O) groups is 3. The average Bonchev–Trinajstić information content (AvgIpc) is 3.40. The summed E-state index contributed by atoms with van der Waals surface area (Å²) < 4.78 is 11.1. The Morgan fingerprint density at radius 3 is 2.48 bits per heavy atom. The molecule has 0 saturated carbocycles. The second kappa shape index (κ2) is 8.62. The van der Waals surface area contributed by atoms with E-state index >= 15 is 0 Å². The molecule has 2 aromatic rings. The van der Waals surface area contributed by atoms with Gasteiger partial charge < -0.3 is 24.8 Å². The second-order valence-electron chi connectivity index (χ2n) is 7.31. The van der Waals surface area contributed by atoms with Crippen molar-refractivity contribution in [3.8, 4) is 11.3 Å². The number of pyridine rings is 1. The summed E-state index contributed by atoms with van der Waals surface area (Å²) in [5.41, 5.74) is 1.89. The van der Waals surface area contributed by atoms with Gasteiger partial charge in [-0.2, -0.15) is 0 Å². The van der Waals surface area contributed by atoms with Crippen LogP contribution in [0.2, 0.25) is 5.02 Å². The Morgan fingerprint density at radius 1 is 1.16 bits per heavy atom. The van der Waals surface area contributed by atoms with E-state index < -0.39 is 29.6 Å². The van der Waals surface area contributed by atoms with E-state index in [4.69, 9.17) is 21.1 Å². The molecule has 0 unspecified atom stereocenters. The van der Waals surface area contributed by atoms with Gasteiger partial charge in [-0.3, -0.25) is 14.6 Å². The topological polar surface area (TPSA) is 118 Å². The van der Waals surface area contributed by atoms with E-state index in [1.165, 1.54) is 11.1 Å². The van der Waals surface area contributed by atoms with Gasteiger partial charge in [-0.15, -0.1) is 0 Å². The lowest BCUT2D eigenvalue weighted by Crippen LogP contribution is -2.46. The van der Waals surface area contributed by atoms with Gasteiger partial charge in [-0.1, -0.05) is 23.7 Å². The number of hydrogen-bond acceptors (Lipinski definition) is 6. The van der Waals surface area contributed by atoms with Gasteiger partial charge in [0.25, 0.3) is 5.91 Å². The molecule has 0 radical (unpaired) electrons. The number of aliphatic carboxylic acids is 1. The molecule has 2 fully saturated rings. The van der Waals surface area contributed by atoms with E-state index in [1.54, 1.807) is 36.4 Å². The highest BCUT2D eigenvalue weighted by molar-refractivity contribution is 6.30. The van der Waals surface area contributed by atoms with Crippen molar-refractivity contribution in [3.05, 3.63) is 53.2 Å². The quantitative estimate of drug-likeness (QED) is 0.717. The molecule has 2 amide bonds. The van der Waals surface area contributed by atoms with Gasteiger partial charge in [0.2, 0.25) is 5.91 Å². The molecule has 2 N–H and O–H groups in total. The first-order valence-corrected chi connectivity index (χ1v) is 10.1. The highest BCUT2D eigenvalue weighted by atomic mass is 35.5. The van der Waals surface area contributed by atoms with E-state index in [0.717, 1.165) is 5.56 Å². The first kappa shape index (κ1) is 21.2. The number of hydrogen-bond donors (Lipinski definition) is 2. The van der Waals surface area contributed by atoms with E-state index in [9.17, 15) is 19.5 Å². The van der Waals surface area contributed by atoms with Crippen LogP contribution >= 0.6 is 11.6 Å². The molecule has 1 aromatic carbocycles. The van der Waals surface area contributed by atoms with Crippen molar-refractivity contribution in [3.63, 3.8) is 0 Å². The van der Waals surface area contributed by atoms with Gasteiger partial charge in [-0.25, -0.2) is 4.79 Å². The van der Waals surface area contributed by atoms with Crippen LogP contribution in [0, 0.1) is 0 Å². The third-order valence-corrected chi connectivity index (χ3v) is 5.50. The molecule has 2 aliphatic rings. The van der Waals surface area contributed by atoms with Crippen LogP contribution in [0.25, 0.3) is 11.3 Å². The lowest BCUT2D eigenvalue weighted by atomic mass is 10.1. The number of amides is 2. The number of carboxylic acid groups (broad SMARTS) is 1. The van der Waals surface area contributed by atoms with Crippen molar-refractivity contribution in [2.75, 3.05) is 26.3 Å². The number of ether oxygens (including phenoxy) is 2. The van der Waals surface area contributed by atoms with E-state index in [2.05, 4.69) is 10.3 Å². The normalized spacial score (nSPS) is 19.5. The second-order valence-corrected chi connectivity index (χ2v) is 7.75. The Balaban J connectivity index is 1.37. The van der Waals surface area contributed by atoms with Gasteiger partial charge in [-0.05, 0) is 24.3 Å². The highest BCUT2D eigenvalue weighted by Gasteiger charge is 2.52. The lowest BCUT2D eigenvalue weighted by molar-refractivity contribution is -0.152. The summed E-state index contributed by atoms with van der Waals surface area (Å²) in [6, 6.07) is 9.17. The van der Waals surface area contributed by atoms with Crippen LogP contribution in [0.1, 0.15) is 16.8 Å². The number of nitrogens with one attached hydrogen (secondary N) is 1. The molecule has 1 aromatic heterocycles. The molecule has 31 heavy (non-hydrogen) atoms. The number of rotatable bonds is 5.